The van der Waals surface area contributed by atoms with Gasteiger partial charge in [0.15, 0.2) is 0 Å². The summed E-state index contributed by atoms with van der Waals surface area (Å²) in [7, 11) is 1.79. The molecular formula is C43H42F4N8O2. The van der Waals surface area contributed by atoms with Gasteiger partial charge in [0.25, 0.3) is 6.43 Å². The summed E-state index contributed by atoms with van der Waals surface area (Å²) in [6.45, 7) is 7.43. The zero-order chi connectivity index (χ0) is 40.2. The highest BCUT2D eigenvalue weighted by Gasteiger charge is 2.43. The van der Waals surface area contributed by atoms with Gasteiger partial charge in [0.05, 0.1) is 45.6 Å². The van der Waals surface area contributed by atoms with Crippen molar-refractivity contribution >= 4 is 39.4 Å². The number of alkyl halides is 2. The Morgan fingerprint density at radius 1 is 0.982 bits per heavy atom. The Morgan fingerprint density at radius 2 is 1.74 bits per heavy atom. The van der Waals surface area contributed by atoms with Crippen LogP contribution in [0.3, 0.4) is 0 Å². The maximum atomic E-state index is 15.9. The van der Waals surface area contributed by atoms with Crippen molar-refractivity contribution in [3.63, 3.8) is 0 Å². The van der Waals surface area contributed by atoms with Crippen LogP contribution < -0.4 is 10.6 Å². The molecule has 2 saturated heterocycles. The average Bonchev–Trinajstić information content (AvgIpc) is 3.51. The van der Waals surface area contributed by atoms with E-state index in [2.05, 4.69) is 42.7 Å². The highest BCUT2D eigenvalue weighted by Crippen LogP contribution is 2.39. The van der Waals surface area contributed by atoms with Crippen LogP contribution in [-0.2, 0) is 28.6 Å². The Bertz CT molecular complexity index is 2550. The van der Waals surface area contributed by atoms with Gasteiger partial charge in [-0.1, -0.05) is 36.4 Å². The molecule has 2 N–H and O–H groups in total. The maximum absolute atomic E-state index is 15.9. The second kappa shape index (κ2) is 15.0. The van der Waals surface area contributed by atoms with E-state index in [1.807, 2.05) is 24.3 Å². The number of rotatable bonds is 9. The molecular weight excluding hydrogens is 737 g/mol. The molecule has 0 aliphatic carbocycles. The number of likely N-dealkylation sites (tertiary alicyclic amines) is 1. The molecule has 0 unspecified atom stereocenters. The number of halogens is 4. The fourth-order valence-electron chi connectivity index (χ4n) is 8.30. The van der Waals surface area contributed by atoms with E-state index in [1.165, 1.54) is 18.2 Å². The number of aryl methyl sites for hydroxylation is 2. The normalized spacial score (nSPS) is 18.8. The Hall–Kier alpha value is -5.76. The summed E-state index contributed by atoms with van der Waals surface area (Å²) in [5.41, 5.74) is 3.56. The van der Waals surface area contributed by atoms with Gasteiger partial charge in [0, 0.05) is 41.9 Å². The van der Waals surface area contributed by atoms with Crippen LogP contribution in [0.15, 0.2) is 66.9 Å². The van der Waals surface area contributed by atoms with Crippen molar-refractivity contribution in [1.82, 2.24) is 34.9 Å². The summed E-state index contributed by atoms with van der Waals surface area (Å²) in [4.78, 5) is 40.9. The number of benzene rings is 3. The minimum absolute atomic E-state index is 0.0180. The van der Waals surface area contributed by atoms with Gasteiger partial charge in [-0.2, -0.15) is 5.10 Å². The fourth-order valence-corrected chi connectivity index (χ4v) is 8.30. The lowest BCUT2D eigenvalue weighted by Crippen LogP contribution is -2.50. The number of carbonyl (C=O) groups excluding carboxylic acids is 2. The first-order valence-corrected chi connectivity index (χ1v) is 19.1. The van der Waals surface area contributed by atoms with E-state index in [0.717, 1.165) is 48.6 Å². The van der Waals surface area contributed by atoms with Gasteiger partial charge in [0.2, 0.25) is 11.8 Å². The Kier molecular flexibility index (Phi) is 10.0. The van der Waals surface area contributed by atoms with E-state index in [0.29, 0.717) is 57.8 Å². The summed E-state index contributed by atoms with van der Waals surface area (Å²) in [6, 6.07) is 16.7. The van der Waals surface area contributed by atoms with Crippen molar-refractivity contribution < 1.29 is 27.2 Å². The van der Waals surface area contributed by atoms with Crippen LogP contribution in [0.4, 0.5) is 23.4 Å². The molecule has 2 aliphatic rings. The number of nitrogens with zero attached hydrogens (tertiary/aromatic N) is 6. The third kappa shape index (κ3) is 7.22. The molecule has 6 aromatic rings. The van der Waals surface area contributed by atoms with Crippen LogP contribution in [0.2, 0.25) is 0 Å². The van der Waals surface area contributed by atoms with Gasteiger partial charge in [-0.05, 0) is 94.4 Å². The topological polar surface area (TPSA) is 118 Å². The summed E-state index contributed by atoms with van der Waals surface area (Å²) >= 11 is 0. The summed E-state index contributed by atoms with van der Waals surface area (Å²) in [5.74, 6) is -1.04. The number of imide groups is 1. The number of anilines is 1. The van der Waals surface area contributed by atoms with Crippen LogP contribution in [0.5, 0.6) is 0 Å². The first kappa shape index (κ1) is 38.1. The number of carbonyl (C=O) groups is 2. The quantitative estimate of drug-likeness (QED) is 0.111. The van der Waals surface area contributed by atoms with Crippen molar-refractivity contribution in [1.29, 1.82) is 0 Å². The molecule has 2 atom stereocenters. The zero-order valence-electron chi connectivity index (χ0n) is 32.0. The third-order valence-corrected chi connectivity index (χ3v) is 11.6. The number of piperidine rings is 2. The van der Waals surface area contributed by atoms with Crippen molar-refractivity contribution in [2.75, 3.05) is 18.4 Å². The number of aromatic nitrogens is 5. The fraction of sp³-hybridized carbons (Fsp3) is 0.349. The van der Waals surface area contributed by atoms with E-state index in [9.17, 15) is 18.4 Å². The molecule has 2 aliphatic heterocycles. The van der Waals surface area contributed by atoms with Crippen molar-refractivity contribution in [2.24, 2.45) is 7.05 Å². The highest BCUT2D eigenvalue weighted by atomic mass is 19.3. The predicted molar refractivity (Wildman–Crippen MR) is 209 cm³/mol. The number of pyridine rings is 1. The predicted octanol–water partition coefficient (Wildman–Crippen LogP) is 8.35. The van der Waals surface area contributed by atoms with Gasteiger partial charge >= 0.3 is 0 Å². The van der Waals surface area contributed by atoms with E-state index < -0.39 is 35.2 Å². The van der Waals surface area contributed by atoms with Gasteiger partial charge in [-0.15, -0.1) is 0 Å². The van der Waals surface area contributed by atoms with Gasteiger partial charge in [0.1, 0.15) is 23.3 Å². The molecule has 0 bridgehead atoms. The molecule has 2 amide bonds. The molecule has 8 rings (SSSR count). The molecule has 294 valence electrons. The molecule has 0 saturated carbocycles. The van der Waals surface area contributed by atoms with Crippen LogP contribution in [0.1, 0.15) is 91.7 Å². The SMILES string of the molecule is Cc1nc(N[C@H](C)c2cccc(C(F)F)c2F)c2cc(-c3cccc(CN4CCC(c5cc6c(cc5F)c([C@@]5(C)CCC(=O)NC5=O)nn6C)CC4)c3)ncc2n1. The van der Waals surface area contributed by atoms with Crippen molar-refractivity contribution in [3.8, 4) is 11.3 Å². The van der Waals surface area contributed by atoms with Gasteiger partial charge in [-0.25, -0.2) is 27.5 Å². The first-order valence-electron chi connectivity index (χ1n) is 19.1. The van der Waals surface area contributed by atoms with Gasteiger partial charge in [-0.3, -0.25) is 29.5 Å². The van der Waals surface area contributed by atoms with Crippen molar-refractivity contribution in [2.45, 2.75) is 76.8 Å². The lowest BCUT2D eigenvalue weighted by Gasteiger charge is -2.32. The molecule has 10 nitrogen and oxygen atoms in total. The van der Waals surface area contributed by atoms with E-state index >= 15 is 8.78 Å². The average molecular weight is 779 g/mol. The lowest BCUT2D eigenvalue weighted by molar-refractivity contribution is -0.137. The number of nitrogens with one attached hydrogen (secondary N) is 2. The summed E-state index contributed by atoms with van der Waals surface area (Å²) < 4.78 is 59.4. The Morgan fingerprint density at radius 3 is 2.49 bits per heavy atom. The smallest absolute Gasteiger partial charge is 0.266 e. The Balaban J connectivity index is 0.971. The standard InChI is InChI=1S/C43H42F4N8O2/c1-23(28-9-6-10-29(38(28)45)40(46)47)49-41-31-19-34(48-21-35(31)50-24(2)51-41)27-8-5-7-25(17-27)22-55-15-12-26(13-16-55)30-20-36-32(18-33(30)44)39(53-54(36)4)43(3)14-11-37(56)52-42(43)57/h5-10,17-21,23,26,40H,11-16,22H2,1-4H3,(H,49,50,51)(H,52,56,57)/t23-,43-/m1/s1. The highest BCUT2D eigenvalue weighted by molar-refractivity contribution is 6.05. The minimum atomic E-state index is -2.93. The number of hydrogen-bond donors (Lipinski definition) is 2. The number of fused-ring (bicyclic) bond motifs is 2. The minimum Gasteiger partial charge on any atom is -0.363 e. The molecule has 14 heteroatoms. The summed E-state index contributed by atoms with van der Waals surface area (Å²) in [6.07, 6.45) is 0.794. The second-order valence-electron chi connectivity index (χ2n) is 15.4. The molecule has 3 aromatic carbocycles. The number of hydrogen-bond acceptors (Lipinski definition) is 8. The molecule has 0 radical (unpaired) electrons. The molecule has 2 fully saturated rings. The van der Waals surface area contributed by atoms with Crippen LogP contribution in [0.25, 0.3) is 33.1 Å². The largest absolute Gasteiger partial charge is 0.363 e. The number of amides is 2. The van der Waals surface area contributed by atoms with Crippen LogP contribution in [0, 0.1) is 18.6 Å². The monoisotopic (exact) mass is 778 g/mol. The third-order valence-electron chi connectivity index (χ3n) is 11.6. The molecule has 5 heterocycles. The van der Waals surface area contributed by atoms with Crippen LogP contribution >= 0.6 is 0 Å². The van der Waals surface area contributed by atoms with Crippen molar-refractivity contribution in [3.05, 3.63) is 112 Å². The molecule has 0 spiro atoms. The Labute approximate surface area is 326 Å². The molecule has 3 aromatic heterocycles. The van der Waals surface area contributed by atoms with E-state index in [4.69, 9.17) is 4.98 Å². The van der Waals surface area contributed by atoms with E-state index in [-0.39, 0.29) is 29.6 Å². The van der Waals surface area contributed by atoms with Gasteiger partial charge < -0.3 is 5.32 Å². The van der Waals surface area contributed by atoms with E-state index in [1.54, 1.807) is 38.7 Å². The summed E-state index contributed by atoms with van der Waals surface area (Å²) in [5, 5.41) is 11.5. The first-order chi connectivity index (χ1) is 27.3. The maximum Gasteiger partial charge on any atom is 0.266 e. The lowest BCUT2D eigenvalue weighted by atomic mass is 9.77. The zero-order valence-corrected chi connectivity index (χ0v) is 32.0. The molecule has 57 heavy (non-hydrogen) atoms. The second-order valence-corrected chi connectivity index (χ2v) is 15.4. The van der Waals surface area contributed by atoms with Crippen LogP contribution in [-0.4, -0.2) is 54.5 Å².